The van der Waals surface area contributed by atoms with Gasteiger partial charge < -0.3 is 19.9 Å². The highest BCUT2D eigenvalue weighted by Crippen LogP contribution is 2.28. The SMILES string of the molecule is O=C(O)c1ccc(NCc2ccc(C3CCOCC3)cc2)cc1OCc1ccccc1. The zero-order chi connectivity index (χ0) is 21.5. The number of hydrogen-bond donors (Lipinski definition) is 2. The largest absolute Gasteiger partial charge is 0.488 e. The molecule has 3 aromatic rings. The molecule has 0 bridgehead atoms. The van der Waals surface area contributed by atoms with Crippen molar-refractivity contribution in [1.29, 1.82) is 0 Å². The molecule has 1 heterocycles. The van der Waals surface area contributed by atoms with Gasteiger partial charge in [0.05, 0.1) is 0 Å². The molecule has 0 unspecified atom stereocenters. The number of carbonyl (C=O) groups is 1. The molecule has 0 aliphatic carbocycles. The fourth-order valence-electron chi connectivity index (χ4n) is 3.81. The average molecular weight is 418 g/mol. The normalized spacial score (nSPS) is 14.2. The molecule has 0 saturated carbocycles. The monoisotopic (exact) mass is 417 g/mol. The first-order valence-electron chi connectivity index (χ1n) is 10.6. The highest BCUT2D eigenvalue weighted by atomic mass is 16.5. The Hall–Kier alpha value is -3.31. The number of benzene rings is 3. The Labute approximate surface area is 182 Å². The average Bonchev–Trinajstić information content (AvgIpc) is 2.83. The lowest BCUT2D eigenvalue weighted by molar-refractivity contribution is 0.0691. The molecule has 0 amide bonds. The Balaban J connectivity index is 1.40. The molecule has 1 aliphatic heterocycles. The van der Waals surface area contributed by atoms with E-state index in [-0.39, 0.29) is 5.56 Å². The van der Waals surface area contributed by atoms with Crippen LogP contribution in [0.1, 0.15) is 45.8 Å². The molecule has 160 valence electrons. The van der Waals surface area contributed by atoms with Crippen LogP contribution < -0.4 is 10.1 Å². The third kappa shape index (κ3) is 5.64. The predicted octanol–water partition coefficient (Wildman–Crippen LogP) is 5.47. The fourth-order valence-corrected chi connectivity index (χ4v) is 3.81. The molecule has 1 fully saturated rings. The summed E-state index contributed by atoms with van der Waals surface area (Å²) in [6.07, 6.45) is 2.17. The van der Waals surface area contributed by atoms with Crippen LogP contribution in [0.25, 0.3) is 0 Å². The Morgan fingerprint density at radius 1 is 0.968 bits per heavy atom. The lowest BCUT2D eigenvalue weighted by Gasteiger charge is -2.22. The van der Waals surface area contributed by atoms with E-state index < -0.39 is 5.97 Å². The van der Waals surface area contributed by atoms with E-state index in [9.17, 15) is 9.90 Å². The minimum atomic E-state index is -1.00. The highest BCUT2D eigenvalue weighted by Gasteiger charge is 2.16. The molecule has 31 heavy (non-hydrogen) atoms. The molecule has 0 aromatic heterocycles. The summed E-state index contributed by atoms with van der Waals surface area (Å²) in [5, 5.41) is 12.9. The number of anilines is 1. The number of rotatable bonds is 8. The van der Waals surface area contributed by atoms with Gasteiger partial charge in [0.15, 0.2) is 0 Å². The van der Waals surface area contributed by atoms with E-state index in [4.69, 9.17) is 9.47 Å². The summed E-state index contributed by atoms with van der Waals surface area (Å²) in [6.45, 7) is 2.65. The molecule has 0 atom stereocenters. The van der Waals surface area contributed by atoms with E-state index in [2.05, 4.69) is 29.6 Å². The molecule has 0 radical (unpaired) electrons. The van der Waals surface area contributed by atoms with Crippen LogP contribution in [0, 0.1) is 0 Å². The second-order valence-corrected chi connectivity index (χ2v) is 7.77. The Morgan fingerprint density at radius 2 is 1.71 bits per heavy atom. The summed E-state index contributed by atoms with van der Waals surface area (Å²) >= 11 is 0. The minimum absolute atomic E-state index is 0.155. The maximum atomic E-state index is 11.6. The summed E-state index contributed by atoms with van der Waals surface area (Å²) < 4.78 is 11.3. The third-order valence-electron chi connectivity index (χ3n) is 5.62. The van der Waals surface area contributed by atoms with Gasteiger partial charge in [-0.2, -0.15) is 0 Å². The number of aromatic carboxylic acids is 1. The van der Waals surface area contributed by atoms with E-state index in [0.29, 0.717) is 24.8 Å². The number of carboxylic acid groups (broad SMARTS) is 1. The molecular weight excluding hydrogens is 390 g/mol. The number of nitrogens with one attached hydrogen (secondary N) is 1. The van der Waals surface area contributed by atoms with Gasteiger partial charge >= 0.3 is 5.97 Å². The van der Waals surface area contributed by atoms with Gasteiger partial charge in [0.1, 0.15) is 17.9 Å². The molecule has 0 spiro atoms. The molecule has 5 nitrogen and oxygen atoms in total. The Bertz CT molecular complexity index is 996. The first-order valence-corrected chi connectivity index (χ1v) is 10.6. The maximum Gasteiger partial charge on any atom is 0.339 e. The van der Waals surface area contributed by atoms with E-state index in [1.54, 1.807) is 18.2 Å². The van der Waals surface area contributed by atoms with E-state index in [1.165, 1.54) is 11.1 Å². The van der Waals surface area contributed by atoms with E-state index in [1.807, 2.05) is 30.3 Å². The van der Waals surface area contributed by atoms with Crippen molar-refractivity contribution in [2.45, 2.75) is 31.9 Å². The molecular formula is C26H27NO4. The quantitative estimate of drug-likeness (QED) is 0.509. The van der Waals surface area contributed by atoms with Crippen molar-refractivity contribution < 1.29 is 19.4 Å². The standard InChI is InChI=1S/C26H27NO4/c28-26(29)24-11-10-23(16-25(24)31-18-20-4-2-1-3-5-20)27-17-19-6-8-21(9-7-19)22-12-14-30-15-13-22/h1-11,16,22,27H,12-15,17-18H2,(H,28,29). The van der Waals surface area contributed by atoms with Crippen LogP contribution in [0.4, 0.5) is 5.69 Å². The van der Waals surface area contributed by atoms with Crippen molar-refractivity contribution in [3.63, 3.8) is 0 Å². The summed E-state index contributed by atoms with van der Waals surface area (Å²) in [5.41, 5.74) is 4.50. The molecule has 3 aromatic carbocycles. The third-order valence-corrected chi connectivity index (χ3v) is 5.62. The van der Waals surface area contributed by atoms with Gasteiger partial charge in [0.2, 0.25) is 0 Å². The van der Waals surface area contributed by atoms with Gasteiger partial charge in [0.25, 0.3) is 0 Å². The lowest BCUT2D eigenvalue weighted by Crippen LogP contribution is -2.14. The van der Waals surface area contributed by atoms with Gasteiger partial charge in [-0.25, -0.2) is 4.79 Å². The van der Waals surface area contributed by atoms with Crippen LogP contribution in [-0.2, 0) is 17.9 Å². The van der Waals surface area contributed by atoms with Crippen molar-refractivity contribution in [3.8, 4) is 5.75 Å². The van der Waals surface area contributed by atoms with Crippen LogP contribution >= 0.6 is 0 Å². The lowest BCUT2D eigenvalue weighted by atomic mass is 9.91. The van der Waals surface area contributed by atoms with Gasteiger partial charge in [0, 0.05) is 31.5 Å². The van der Waals surface area contributed by atoms with Crippen LogP contribution in [0.2, 0.25) is 0 Å². The Kier molecular flexibility index (Phi) is 6.85. The second kappa shape index (κ2) is 10.1. The zero-order valence-electron chi connectivity index (χ0n) is 17.4. The summed E-state index contributed by atoms with van der Waals surface area (Å²) in [4.78, 5) is 11.6. The van der Waals surface area contributed by atoms with Crippen molar-refractivity contribution in [1.82, 2.24) is 0 Å². The molecule has 1 aliphatic rings. The van der Waals surface area contributed by atoms with Crippen molar-refractivity contribution in [2.24, 2.45) is 0 Å². The summed E-state index contributed by atoms with van der Waals surface area (Å²) in [7, 11) is 0. The van der Waals surface area contributed by atoms with Gasteiger partial charge in [-0.05, 0) is 47.6 Å². The molecule has 4 rings (SSSR count). The van der Waals surface area contributed by atoms with Crippen LogP contribution in [0.3, 0.4) is 0 Å². The minimum Gasteiger partial charge on any atom is -0.488 e. The fraction of sp³-hybridized carbons (Fsp3) is 0.269. The van der Waals surface area contributed by atoms with Gasteiger partial charge in [-0.15, -0.1) is 0 Å². The van der Waals surface area contributed by atoms with E-state index in [0.717, 1.165) is 37.3 Å². The highest BCUT2D eigenvalue weighted by molar-refractivity contribution is 5.91. The summed E-state index contributed by atoms with van der Waals surface area (Å²) in [6, 6.07) is 23.5. The first-order chi connectivity index (χ1) is 15.2. The number of hydrogen-bond acceptors (Lipinski definition) is 4. The van der Waals surface area contributed by atoms with Gasteiger partial charge in [-0.1, -0.05) is 54.6 Å². The van der Waals surface area contributed by atoms with Crippen LogP contribution in [0.5, 0.6) is 5.75 Å². The molecule has 2 N–H and O–H groups in total. The molecule has 5 heteroatoms. The van der Waals surface area contributed by atoms with Crippen molar-refractivity contribution in [3.05, 3.63) is 95.1 Å². The topological polar surface area (TPSA) is 67.8 Å². The van der Waals surface area contributed by atoms with Crippen LogP contribution in [0.15, 0.2) is 72.8 Å². The predicted molar refractivity (Wildman–Crippen MR) is 121 cm³/mol. The summed E-state index contributed by atoms with van der Waals surface area (Å²) in [5.74, 6) is -0.0572. The smallest absolute Gasteiger partial charge is 0.339 e. The van der Waals surface area contributed by atoms with Gasteiger partial charge in [-0.3, -0.25) is 0 Å². The number of carboxylic acids is 1. The maximum absolute atomic E-state index is 11.6. The second-order valence-electron chi connectivity index (χ2n) is 7.77. The van der Waals surface area contributed by atoms with Crippen molar-refractivity contribution in [2.75, 3.05) is 18.5 Å². The van der Waals surface area contributed by atoms with Crippen molar-refractivity contribution >= 4 is 11.7 Å². The van der Waals surface area contributed by atoms with E-state index >= 15 is 0 Å². The Morgan fingerprint density at radius 3 is 2.42 bits per heavy atom. The first kappa shape index (κ1) is 20.9. The van der Waals surface area contributed by atoms with Crippen LogP contribution in [-0.4, -0.2) is 24.3 Å². The molecule has 1 saturated heterocycles. The number of ether oxygens (including phenoxy) is 2. The zero-order valence-corrected chi connectivity index (χ0v) is 17.4.